The molecule has 0 saturated heterocycles. The van der Waals surface area contributed by atoms with Crippen molar-refractivity contribution in [3.05, 3.63) is 77.4 Å². The second-order valence-corrected chi connectivity index (χ2v) is 7.04. The van der Waals surface area contributed by atoms with E-state index in [-0.39, 0.29) is 18.1 Å². The molecule has 2 aromatic heterocycles. The van der Waals surface area contributed by atoms with Gasteiger partial charge in [-0.2, -0.15) is 18.2 Å². The molecule has 0 radical (unpaired) electrons. The molecule has 2 heterocycles. The Morgan fingerprint density at radius 2 is 1.72 bits per heavy atom. The van der Waals surface area contributed by atoms with Crippen molar-refractivity contribution in [2.75, 3.05) is 5.32 Å². The molecule has 0 aliphatic carbocycles. The summed E-state index contributed by atoms with van der Waals surface area (Å²) < 4.78 is 45.7. The molecule has 0 bridgehead atoms. The van der Waals surface area contributed by atoms with Crippen molar-refractivity contribution in [3.63, 3.8) is 0 Å². The highest BCUT2D eigenvalue weighted by molar-refractivity contribution is 5.94. The number of aromatic nitrogens is 4. The van der Waals surface area contributed by atoms with Gasteiger partial charge < -0.3 is 10.1 Å². The number of amides is 1. The molecular weight excluding hydrogens is 423 g/mol. The van der Waals surface area contributed by atoms with Gasteiger partial charge in [-0.15, -0.1) is 5.10 Å². The van der Waals surface area contributed by atoms with Crippen molar-refractivity contribution < 1.29 is 22.7 Å². The van der Waals surface area contributed by atoms with E-state index in [0.29, 0.717) is 34.1 Å². The molecule has 0 aliphatic rings. The molecular formula is C22H18F3N5O2. The smallest absolute Gasteiger partial charge is 0.453 e. The van der Waals surface area contributed by atoms with Crippen LogP contribution in [0.3, 0.4) is 0 Å². The van der Waals surface area contributed by atoms with E-state index in [1.54, 1.807) is 50.2 Å². The zero-order valence-corrected chi connectivity index (χ0v) is 17.1. The van der Waals surface area contributed by atoms with Crippen LogP contribution < -0.4 is 10.1 Å². The minimum Gasteiger partial charge on any atom is -0.455 e. The predicted octanol–water partition coefficient (Wildman–Crippen LogP) is 4.73. The number of carbonyl (C=O) groups is 1. The van der Waals surface area contributed by atoms with E-state index in [4.69, 9.17) is 4.74 Å². The summed E-state index contributed by atoms with van der Waals surface area (Å²) >= 11 is 0. The van der Waals surface area contributed by atoms with E-state index in [2.05, 4.69) is 20.4 Å². The summed E-state index contributed by atoms with van der Waals surface area (Å²) in [6.07, 6.45) is -4.80. The number of ether oxygens (including phenoxy) is 1. The standard InChI is InChI=1S/C22H18F3N5O2/c1-13-16(14(2)30-21(26-13)28-20(29-30)22(23,24)25)12-19(31)27-17-10-6-7-11-18(17)32-15-8-4-3-5-9-15/h3-11H,12H2,1-2H3,(H,27,31). The number of nitrogens with zero attached hydrogens (tertiary/aromatic N) is 4. The number of para-hydroxylation sites is 3. The van der Waals surface area contributed by atoms with Gasteiger partial charge in [0.1, 0.15) is 5.75 Å². The molecule has 32 heavy (non-hydrogen) atoms. The summed E-state index contributed by atoms with van der Waals surface area (Å²) in [5.74, 6) is -0.751. The van der Waals surface area contributed by atoms with Crippen LogP contribution in [0.25, 0.3) is 5.78 Å². The summed E-state index contributed by atoms with van der Waals surface area (Å²) in [5, 5.41) is 6.30. The number of hydrogen-bond acceptors (Lipinski definition) is 5. The second kappa shape index (κ2) is 8.29. The number of anilines is 1. The lowest BCUT2D eigenvalue weighted by Gasteiger charge is -2.14. The summed E-state index contributed by atoms with van der Waals surface area (Å²) in [4.78, 5) is 20.3. The quantitative estimate of drug-likeness (QED) is 0.484. The largest absolute Gasteiger partial charge is 0.455 e. The SMILES string of the molecule is Cc1nc2nc(C(F)(F)F)nn2c(C)c1CC(=O)Nc1ccccc1Oc1ccccc1. The number of halogens is 3. The third kappa shape index (κ3) is 4.39. The Labute approximate surface area is 180 Å². The Hall–Kier alpha value is -3.95. The van der Waals surface area contributed by atoms with Gasteiger partial charge in [-0.05, 0) is 38.1 Å². The summed E-state index contributed by atoms with van der Waals surface area (Å²) in [7, 11) is 0. The van der Waals surface area contributed by atoms with Crippen molar-refractivity contribution in [2.45, 2.75) is 26.4 Å². The lowest BCUT2D eigenvalue weighted by molar-refractivity contribution is -0.144. The fourth-order valence-electron chi connectivity index (χ4n) is 3.21. The molecule has 2 aromatic carbocycles. The van der Waals surface area contributed by atoms with E-state index in [1.807, 2.05) is 18.2 Å². The van der Waals surface area contributed by atoms with Crippen molar-refractivity contribution in [3.8, 4) is 11.5 Å². The molecule has 164 valence electrons. The van der Waals surface area contributed by atoms with Crippen LogP contribution >= 0.6 is 0 Å². The number of hydrogen-bond donors (Lipinski definition) is 1. The van der Waals surface area contributed by atoms with Crippen molar-refractivity contribution in [2.24, 2.45) is 0 Å². The van der Waals surface area contributed by atoms with Gasteiger partial charge in [0.25, 0.3) is 11.6 Å². The van der Waals surface area contributed by atoms with Gasteiger partial charge in [-0.25, -0.2) is 9.50 Å². The van der Waals surface area contributed by atoms with Crippen molar-refractivity contribution in [1.29, 1.82) is 0 Å². The first-order valence-electron chi connectivity index (χ1n) is 9.64. The number of alkyl halides is 3. The van der Waals surface area contributed by atoms with Gasteiger partial charge in [-0.3, -0.25) is 4.79 Å². The van der Waals surface area contributed by atoms with Gasteiger partial charge in [0, 0.05) is 17.0 Å². The molecule has 4 aromatic rings. The highest BCUT2D eigenvalue weighted by atomic mass is 19.4. The molecule has 1 N–H and O–H groups in total. The van der Waals surface area contributed by atoms with Crippen LogP contribution in [-0.4, -0.2) is 25.5 Å². The average molecular weight is 441 g/mol. The van der Waals surface area contributed by atoms with E-state index < -0.39 is 12.0 Å². The Kier molecular flexibility index (Phi) is 5.52. The highest BCUT2D eigenvalue weighted by Crippen LogP contribution is 2.30. The summed E-state index contributed by atoms with van der Waals surface area (Å²) in [5.41, 5.74) is 1.69. The van der Waals surface area contributed by atoms with Gasteiger partial charge in [0.05, 0.1) is 12.1 Å². The van der Waals surface area contributed by atoms with E-state index in [9.17, 15) is 18.0 Å². The second-order valence-electron chi connectivity index (χ2n) is 7.04. The normalized spacial score (nSPS) is 11.5. The van der Waals surface area contributed by atoms with Crippen molar-refractivity contribution >= 4 is 17.4 Å². The van der Waals surface area contributed by atoms with E-state index in [0.717, 1.165) is 4.52 Å². The number of benzene rings is 2. The lowest BCUT2D eigenvalue weighted by atomic mass is 10.1. The zero-order valence-electron chi connectivity index (χ0n) is 17.1. The maximum Gasteiger partial charge on any atom is 0.453 e. The summed E-state index contributed by atoms with van der Waals surface area (Å²) in [6, 6.07) is 16.1. The molecule has 0 unspecified atom stereocenters. The molecule has 0 fully saturated rings. The van der Waals surface area contributed by atoms with Crippen molar-refractivity contribution in [1.82, 2.24) is 19.6 Å². The van der Waals surface area contributed by atoms with Gasteiger partial charge in [0.2, 0.25) is 5.91 Å². The third-order valence-corrected chi connectivity index (χ3v) is 4.77. The number of carbonyl (C=O) groups excluding carboxylic acids is 1. The molecule has 0 aliphatic heterocycles. The monoisotopic (exact) mass is 441 g/mol. The zero-order chi connectivity index (χ0) is 22.9. The first-order valence-corrected chi connectivity index (χ1v) is 9.64. The first-order chi connectivity index (χ1) is 15.2. The average Bonchev–Trinajstić information content (AvgIpc) is 3.18. The van der Waals surface area contributed by atoms with Crippen LogP contribution in [0.15, 0.2) is 54.6 Å². The summed E-state index contributed by atoms with van der Waals surface area (Å²) in [6.45, 7) is 3.19. The highest BCUT2D eigenvalue weighted by Gasteiger charge is 2.37. The Morgan fingerprint density at radius 3 is 2.44 bits per heavy atom. The number of fused-ring (bicyclic) bond motifs is 1. The van der Waals surface area contributed by atoms with Crippen LogP contribution in [0, 0.1) is 13.8 Å². The molecule has 7 nitrogen and oxygen atoms in total. The molecule has 10 heteroatoms. The maximum absolute atomic E-state index is 13.0. The topological polar surface area (TPSA) is 81.4 Å². The number of aryl methyl sites for hydroxylation is 2. The fraction of sp³-hybridized carbons (Fsp3) is 0.182. The van der Waals surface area contributed by atoms with Crippen LogP contribution in [0.1, 0.15) is 22.8 Å². The molecule has 0 atom stereocenters. The lowest BCUT2D eigenvalue weighted by Crippen LogP contribution is -2.18. The third-order valence-electron chi connectivity index (χ3n) is 4.77. The van der Waals surface area contributed by atoms with Crippen LogP contribution in [0.4, 0.5) is 18.9 Å². The molecule has 1 amide bonds. The van der Waals surface area contributed by atoms with Crippen LogP contribution in [-0.2, 0) is 17.4 Å². The Balaban J connectivity index is 1.57. The van der Waals surface area contributed by atoms with E-state index in [1.165, 1.54) is 0 Å². The van der Waals surface area contributed by atoms with E-state index >= 15 is 0 Å². The van der Waals surface area contributed by atoms with Crippen LogP contribution in [0.5, 0.6) is 11.5 Å². The number of nitrogens with one attached hydrogen (secondary N) is 1. The molecule has 0 spiro atoms. The minimum atomic E-state index is -4.69. The fourth-order valence-corrected chi connectivity index (χ4v) is 3.21. The minimum absolute atomic E-state index is 0.110. The first kappa shape index (κ1) is 21.3. The maximum atomic E-state index is 13.0. The Morgan fingerprint density at radius 1 is 1.03 bits per heavy atom. The molecule has 4 rings (SSSR count). The molecule has 0 saturated carbocycles. The number of rotatable bonds is 5. The van der Waals surface area contributed by atoms with Gasteiger partial charge >= 0.3 is 6.18 Å². The predicted molar refractivity (Wildman–Crippen MR) is 111 cm³/mol. The Bertz CT molecular complexity index is 1290. The van der Waals surface area contributed by atoms with Gasteiger partial charge in [0.15, 0.2) is 5.75 Å². The van der Waals surface area contributed by atoms with Gasteiger partial charge in [-0.1, -0.05) is 30.3 Å². The van der Waals surface area contributed by atoms with Crippen LogP contribution in [0.2, 0.25) is 0 Å².